The van der Waals surface area contributed by atoms with Gasteiger partial charge in [0.1, 0.15) is 5.82 Å². The molecule has 1 aromatic heterocycles. The van der Waals surface area contributed by atoms with Crippen LogP contribution in [0.2, 0.25) is 5.02 Å². The molecule has 2 aromatic carbocycles. The first-order chi connectivity index (χ1) is 14.4. The maximum absolute atomic E-state index is 14.7. The number of halogens is 2. The van der Waals surface area contributed by atoms with Crippen molar-refractivity contribution in [1.29, 1.82) is 0 Å². The number of likely N-dealkylation sites (N-methyl/N-ethyl adjacent to an activating group) is 1. The van der Waals surface area contributed by atoms with Crippen LogP contribution in [0.25, 0.3) is 17.1 Å². The number of nitrogens with zero attached hydrogens (tertiary/aromatic N) is 4. The summed E-state index contributed by atoms with van der Waals surface area (Å²) in [4.78, 5) is 14.4. The molecule has 0 saturated carbocycles. The summed E-state index contributed by atoms with van der Waals surface area (Å²) in [5.74, 6) is 0.0926. The van der Waals surface area contributed by atoms with Gasteiger partial charge in [-0.15, -0.1) is 10.2 Å². The normalized spacial score (nSPS) is 10.8. The van der Waals surface area contributed by atoms with Crippen LogP contribution in [0, 0.1) is 5.82 Å². The Morgan fingerprint density at radius 3 is 2.57 bits per heavy atom. The van der Waals surface area contributed by atoms with Crippen molar-refractivity contribution < 1.29 is 9.18 Å². The molecule has 0 aliphatic heterocycles. The fourth-order valence-electron chi connectivity index (χ4n) is 2.95. The van der Waals surface area contributed by atoms with E-state index in [0.717, 1.165) is 5.57 Å². The zero-order valence-corrected chi connectivity index (χ0v) is 18.4. The summed E-state index contributed by atoms with van der Waals surface area (Å²) in [6.45, 7) is 8.75. The maximum Gasteiger partial charge on any atom is 0.233 e. The highest BCUT2D eigenvalue weighted by Crippen LogP contribution is 2.32. The Hall–Kier alpha value is -2.64. The molecule has 0 N–H and O–H groups in total. The Morgan fingerprint density at radius 1 is 1.20 bits per heavy atom. The lowest BCUT2D eigenvalue weighted by Crippen LogP contribution is -2.33. The second-order valence-corrected chi connectivity index (χ2v) is 8.08. The first-order valence-corrected chi connectivity index (χ1v) is 10.8. The van der Waals surface area contributed by atoms with Crippen LogP contribution in [0.4, 0.5) is 4.39 Å². The summed E-state index contributed by atoms with van der Waals surface area (Å²) in [6, 6.07) is 13.5. The second-order valence-electron chi connectivity index (χ2n) is 6.73. The molecule has 0 unspecified atom stereocenters. The number of benzene rings is 2. The van der Waals surface area contributed by atoms with Crippen LogP contribution in [-0.4, -0.2) is 44.4 Å². The minimum Gasteiger partial charge on any atom is -0.338 e. The van der Waals surface area contributed by atoms with Crippen molar-refractivity contribution in [2.45, 2.75) is 19.0 Å². The number of hydrogen-bond acceptors (Lipinski definition) is 4. The lowest BCUT2D eigenvalue weighted by Gasteiger charge is -2.20. The molecule has 0 bridgehead atoms. The Bertz CT molecular complexity index is 1070. The zero-order valence-electron chi connectivity index (χ0n) is 16.8. The largest absolute Gasteiger partial charge is 0.338 e. The molecule has 1 amide bonds. The molecule has 5 nitrogen and oxygen atoms in total. The van der Waals surface area contributed by atoms with E-state index in [9.17, 15) is 9.18 Å². The molecular weight excluding hydrogens is 423 g/mol. The third-order valence-corrected chi connectivity index (χ3v) is 5.60. The molecule has 0 spiro atoms. The standard InChI is InChI=1S/C22H22ClFN4OS/c1-4-27(13-15(2)3)20(29)14-30-22-26-25-21(16-9-5-6-10-17(16)23)28(22)19-12-8-7-11-18(19)24/h5-12H,2,4,13-14H2,1,3H3. The van der Waals surface area contributed by atoms with Gasteiger partial charge in [-0.25, -0.2) is 4.39 Å². The van der Waals surface area contributed by atoms with Crippen LogP contribution >= 0.6 is 23.4 Å². The number of thioether (sulfide) groups is 1. The lowest BCUT2D eigenvalue weighted by atomic mass is 10.2. The van der Waals surface area contributed by atoms with Crippen molar-refractivity contribution in [3.05, 3.63) is 71.5 Å². The number of aromatic nitrogens is 3. The monoisotopic (exact) mass is 444 g/mol. The molecule has 8 heteroatoms. The van der Waals surface area contributed by atoms with Crippen molar-refractivity contribution in [1.82, 2.24) is 19.7 Å². The summed E-state index contributed by atoms with van der Waals surface area (Å²) >= 11 is 7.56. The highest BCUT2D eigenvalue weighted by Gasteiger charge is 2.21. The van der Waals surface area contributed by atoms with E-state index in [4.69, 9.17) is 11.6 Å². The molecule has 30 heavy (non-hydrogen) atoms. The third-order valence-electron chi connectivity index (χ3n) is 4.36. The van der Waals surface area contributed by atoms with E-state index < -0.39 is 5.82 Å². The number of hydrogen-bond donors (Lipinski definition) is 0. The first-order valence-electron chi connectivity index (χ1n) is 9.42. The van der Waals surface area contributed by atoms with Gasteiger partial charge < -0.3 is 4.90 Å². The Kier molecular flexibility index (Phi) is 7.29. The highest BCUT2D eigenvalue weighted by molar-refractivity contribution is 7.99. The first kappa shape index (κ1) is 22.1. The van der Waals surface area contributed by atoms with Crippen molar-refractivity contribution in [2.75, 3.05) is 18.8 Å². The summed E-state index contributed by atoms with van der Waals surface area (Å²) in [5, 5.41) is 9.38. The van der Waals surface area contributed by atoms with Crippen LogP contribution in [0.3, 0.4) is 0 Å². The van der Waals surface area contributed by atoms with E-state index in [0.29, 0.717) is 40.3 Å². The van der Waals surface area contributed by atoms with Crippen LogP contribution in [0.1, 0.15) is 13.8 Å². The average Bonchev–Trinajstić information content (AvgIpc) is 3.14. The Balaban J connectivity index is 1.98. The molecule has 1 heterocycles. The SMILES string of the molecule is C=C(C)CN(CC)C(=O)CSc1nnc(-c2ccccc2Cl)n1-c1ccccc1F. The maximum atomic E-state index is 14.7. The van der Waals surface area contributed by atoms with Gasteiger partial charge in [0, 0.05) is 18.7 Å². The van der Waals surface area contributed by atoms with Gasteiger partial charge in [-0.1, -0.05) is 59.8 Å². The van der Waals surface area contributed by atoms with E-state index in [1.165, 1.54) is 17.8 Å². The summed E-state index contributed by atoms with van der Waals surface area (Å²) in [7, 11) is 0. The minimum atomic E-state index is -0.420. The fourth-order valence-corrected chi connectivity index (χ4v) is 4.02. The van der Waals surface area contributed by atoms with Crippen LogP contribution in [0.15, 0.2) is 65.8 Å². The number of amides is 1. The molecule has 0 aliphatic rings. The van der Waals surface area contributed by atoms with Crippen LogP contribution in [-0.2, 0) is 4.79 Å². The molecule has 0 saturated heterocycles. The number of carbonyl (C=O) groups is 1. The predicted octanol–water partition coefficient (Wildman–Crippen LogP) is 5.24. The van der Waals surface area contributed by atoms with Crippen molar-refractivity contribution in [3.63, 3.8) is 0 Å². The topological polar surface area (TPSA) is 51.0 Å². The zero-order chi connectivity index (χ0) is 21.7. The van der Waals surface area contributed by atoms with Gasteiger partial charge in [0.05, 0.1) is 16.5 Å². The van der Waals surface area contributed by atoms with Gasteiger partial charge in [-0.2, -0.15) is 0 Å². The van der Waals surface area contributed by atoms with E-state index in [1.807, 2.05) is 26.0 Å². The molecule has 0 radical (unpaired) electrons. The van der Waals surface area contributed by atoms with E-state index in [-0.39, 0.29) is 11.7 Å². The van der Waals surface area contributed by atoms with E-state index >= 15 is 0 Å². The molecule has 3 rings (SSSR count). The summed E-state index contributed by atoms with van der Waals surface area (Å²) < 4.78 is 16.3. The second kappa shape index (κ2) is 9.91. The van der Waals surface area contributed by atoms with E-state index in [2.05, 4.69) is 16.8 Å². The molecule has 0 aliphatic carbocycles. The molecule has 0 atom stereocenters. The molecule has 0 fully saturated rings. The molecule has 156 valence electrons. The van der Waals surface area contributed by atoms with Gasteiger partial charge in [-0.05, 0) is 38.1 Å². The lowest BCUT2D eigenvalue weighted by molar-refractivity contribution is -0.127. The third kappa shape index (κ3) is 4.91. The quantitative estimate of drug-likeness (QED) is 0.352. The van der Waals surface area contributed by atoms with Crippen molar-refractivity contribution in [2.24, 2.45) is 0 Å². The molecular formula is C22H22ClFN4OS. The molecule has 3 aromatic rings. The van der Waals surface area contributed by atoms with Gasteiger partial charge in [0.15, 0.2) is 11.0 Å². The highest BCUT2D eigenvalue weighted by atomic mass is 35.5. The van der Waals surface area contributed by atoms with Gasteiger partial charge in [-0.3, -0.25) is 9.36 Å². The fraction of sp³-hybridized carbons (Fsp3) is 0.227. The van der Waals surface area contributed by atoms with Gasteiger partial charge in [0.25, 0.3) is 0 Å². The van der Waals surface area contributed by atoms with E-state index in [1.54, 1.807) is 39.8 Å². The summed E-state index contributed by atoms with van der Waals surface area (Å²) in [5.41, 5.74) is 1.83. The Labute approximate surface area is 184 Å². The number of rotatable bonds is 8. The minimum absolute atomic E-state index is 0.0483. The Morgan fingerprint density at radius 2 is 1.90 bits per heavy atom. The summed E-state index contributed by atoms with van der Waals surface area (Å²) in [6.07, 6.45) is 0. The smallest absolute Gasteiger partial charge is 0.233 e. The van der Waals surface area contributed by atoms with Crippen molar-refractivity contribution in [3.8, 4) is 17.1 Å². The van der Waals surface area contributed by atoms with Crippen LogP contribution < -0.4 is 0 Å². The average molecular weight is 445 g/mol. The number of para-hydroxylation sites is 1. The predicted molar refractivity (Wildman–Crippen MR) is 120 cm³/mol. The number of carbonyl (C=O) groups excluding carboxylic acids is 1. The van der Waals surface area contributed by atoms with Gasteiger partial charge >= 0.3 is 0 Å². The van der Waals surface area contributed by atoms with Gasteiger partial charge in [0.2, 0.25) is 5.91 Å². The van der Waals surface area contributed by atoms with Crippen molar-refractivity contribution >= 4 is 29.3 Å². The van der Waals surface area contributed by atoms with Crippen LogP contribution in [0.5, 0.6) is 0 Å².